The summed E-state index contributed by atoms with van der Waals surface area (Å²) in [6.07, 6.45) is 22.0. The van der Waals surface area contributed by atoms with Crippen LogP contribution < -0.4 is 16.7 Å². The molecule has 0 aliphatic rings. The minimum absolute atomic E-state index is 0.0615. The molecule has 0 unspecified atom stereocenters. The van der Waals surface area contributed by atoms with Crippen molar-refractivity contribution in [2.75, 3.05) is 0 Å². The van der Waals surface area contributed by atoms with Gasteiger partial charge >= 0.3 is 0 Å². The Morgan fingerprint density at radius 2 is 0.841 bits per heavy atom. The molecular formula is C51H39N15O3. The van der Waals surface area contributed by atoms with Crippen LogP contribution in [0.3, 0.4) is 0 Å². The zero-order chi connectivity index (χ0) is 46.9. The summed E-state index contributed by atoms with van der Waals surface area (Å²) in [7, 11) is 0. The standard InChI is InChI=1S/3C17H13N5O/c23-17-15-6-8-18-10-16(15)19-12-21(17)11-13-2-4-14(5-3-13)22-9-1-7-20-22;23-17-16-15(3-1-8-18-16)19-12-21(17)11-13-4-6-14(7-5-13)22-10-2-9-20-22;23-17-15-3-1-8-18-16(15)19-12-21(17)11-13-4-6-14(7-5-13)22-10-2-9-20-22/h3*1-10,12H,11H2. The van der Waals surface area contributed by atoms with E-state index >= 15 is 0 Å². The Hall–Kier alpha value is -9.84. The maximum atomic E-state index is 12.5. The molecule has 18 heteroatoms. The smallest absolute Gasteiger partial charge is 0.280 e. The zero-order valence-electron chi connectivity index (χ0n) is 36.6. The molecule has 69 heavy (non-hydrogen) atoms. The first-order valence-corrected chi connectivity index (χ1v) is 21.6. The lowest BCUT2D eigenvalue weighted by molar-refractivity contribution is 0.745. The molecule has 0 bridgehead atoms. The van der Waals surface area contributed by atoms with Crippen LogP contribution in [0.2, 0.25) is 0 Å². The van der Waals surface area contributed by atoms with Crippen molar-refractivity contribution in [3.8, 4) is 17.1 Å². The first kappa shape index (κ1) is 43.1. The Balaban J connectivity index is 0.000000120. The average molecular weight is 910 g/mol. The van der Waals surface area contributed by atoms with Crippen LogP contribution in [-0.2, 0) is 19.6 Å². The van der Waals surface area contributed by atoms with E-state index in [4.69, 9.17) is 0 Å². The van der Waals surface area contributed by atoms with Crippen molar-refractivity contribution in [3.05, 3.63) is 250 Å². The van der Waals surface area contributed by atoms with Gasteiger partial charge in [0.15, 0.2) is 11.2 Å². The Bertz CT molecular complexity index is 3410. The molecule has 9 aromatic heterocycles. The third-order valence-electron chi connectivity index (χ3n) is 11.0. The number of hydrogen-bond donors (Lipinski definition) is 0. The summed E-state index contributed by atoms with van der Waals surface area (Å²) in [6.45, 7) is 1.40. The quantitative estimate of drug-likeness (QED) is 0.162. The lowest BCUT2D eigenvalue weighted by atomic mass is 10.2. The second-order valence-corrected chi connectivity index (χ2v) is 15.5. The molecule has 0 fully saturated rings. The number of benzene rings is 3. The van der Waals surface area contributed by atoms with Crippen molar-refractivity contribution in [2.45, 2.75) is 19.6 Å². The Labute approximate surface area is 391 Å². The Morgan fingerprint density at radius 1 is 0.377 bits per heavy atom. The second kappa shape index (κ2) is 19.7. The normalized spacial score (nSPS) is 11.0. The minimum Gasteiger partial charge on any atom is -0.294 e. The van der Waals surface area contributed by atoms with Crippen LogP contribution in [0.5, 0.6) is 0 Å². The molecule has 0 radical (unpaired) electrons. The van der Waals surface area contributed by atoms with Gasteiger partial charge in [-0.15, -0.1) is 0 Å². The molecule has 0 atom stereocenters. The number of hydrogen-bond acceptors (Lipinski definition) is 12. The maximum Gasteiger partial charge on any atom is 0.280 e. The third kappa shape index (κ3) is 9.75. The highest BCUT2D eigenvalue weighted by molar-refractivity contribution is 5.76. The molecule has 0 saturated heterocycles. The highest BCUT2D eigenvalue weighted by Gasteiger charge is 2.09. The Morgan fingerprint density at radius 3 is 1.36 bits per heavy atom. The fourth-order valence-corrected chi connectivity index (χ4v) is 7.45. The van der Waals surface area contributed by atoms with Crippen molar-refractivity contribution < 1.29 is 0 Å². The first-order chi connectivity index (χ1) is 33.9. The summed E-state index contributed by atoms with van der Waals surface area (Å²) in [5, 5.41) is 13.7. The average Bonchev–Trinajstić information content (AvgIpc) is 4.25. The van der Waals surface area contributed by atoms with E-state index in [0.29, 0.717) is 52.6 Å². The van der Waals surface area contributed by atoms with Gasteiger partial charge in [0.05, 0.1) is 77.4 Å². The van der Waals surface area contributed by atoms with E-state index in [9.17, 15) is 14.4 Å². The van der Waals surface area contributed by atoms with Gasteiger partial charge in [-0.1, -0.05) is 36.4 Å². The highest BCUT2D eigenvalue weighted by Crippen LogP contribution is 2.13. The summed E-state index contributed by atoms with van der Waals surface area (Å²) < 4.78 is 10.1. The molecule has 0 amide bonds. The molecule has 12 aromatic rings. The molecule has 18 nitrogen and oxygen atoms in total. The summed E-state index contributed by atoms with van der Waals surface area (Å²) in [4.78, 5) is 62.4. The van der Waals surface area contributed by atoms with E-state index in [1.165, 1.54) is 0 Å². The molecule has 0 spiro atoms. The van der Waals surface area contributed by atoms with Gasteiger partial charge in [0.2, 0.25) is 0 Å². The summed E-state index contributed by atoms with van der Waals surface area (Å²) in [5.74, 6) is 0. The largest absolute Gasteiger partial charge is 0.294 e. The fourth-order valence-electron chi connectivity index (χ4n) is 7.45. The van der Waals surface area contributed by atoms with Crippen molar-refractivity contribution in [2.24, 2.45) is 0 Å². The van der Waals surface area contributed by atoms with E-state index in [1.54, 1.807) is 120 Å². The molecule has 0 N–H and O–H groups in total. The number of fused-ring (bicyclic) bond motifs is 3. The van der Waals surface area contributed by atoms with Crippen LogP contribution >= 0.6 is 0 Å². The van der Waals surface area contributed by atoms with Crippen molar-refractivity contribution >= 4 is 33.0 Å². The summed E-state index contributed by atoms with van der Waals surface area (Å²) >= 11 is 0. The van der Waals surface area contributed by atoms with Crippen molar-refractivity contribution in [1.29, 1.82) is 0 Å². The van der Waals surface area contributed by atoms with Crippen LogP contribution in [0.4, 0.5) is 0 Å². The van der Waals surface area contributed by atoms with Crippen LogP contribution in [0.1, 0.15) is 16.7 Å². The van der Waals surface area contributed by atoms with Gasteiger partial charge in [-0.2, -0.15) is 15.3 Å². The van der Waals surface area contributed by atoms with Gasteiger partial charge < -0.3 is 0 Å². The van der Waals surface area contributed by atoms with Gasteiger partial charge in [0, 0.05) is 55.8 Å². The molecule has 0 saturated carbocycles. The van der Waals surface area contributed by atoms with Gasteiger partial charge in [-0.05, 0) is 102 Å². The van der Waals surface area contributed by atoms with Gasteiger partial charge in [0.25, 0.3) is 16.7 Å². The second-order valence-electron chi connectivity index (χ2n) is 15.5. The molecule has 0 aliphatic heterocycles. The monoisotopic (exact) mass is 909 g/mol. The molecule has 336 valence electrons. The van der Waals surface area contributed by atoms with Crippen molar-refractivity contribution in [3.63, 3.8) is 0 Å². The van der Waals surface area contributed by atoms with E-state index in [-0.39, 0.29) is 16.7 Å². The Kier molecular flexibility index (Phi) is 12.3. The fraction of sp³-hybridized carbons (Fsp3) is 0.0588. The van der Waals surface area contributed by atoms with Crippen LogP contribution in [0, 0.1) is 0 Å². The predicted octanol–water partition coefficient (Wildman–Crippen LogP) is 6.08. The maximum absolute atomic E-state index is 12.5. The molecule has 3 aromatic carbocycles. The summed E-state index contributed by atoms with van der Waals surface area (Å²) in [6, 6.07) is 38.1. The van der Waals surface area contributed by atoms with Crippen molar-refractivity contribution in [1.82, 2.24) is 72.9 Å². The lowest BCUT2D eigenvalue weighted by Gasteiger charge is -2.08. The SMILES string of the molecule is O=c1c2cccnc2ncn1Cc1ccc(-n2cccn2)cc1.O=c1c2ccncc2ncn1Cc1ccc(-n2cccn2)cc1.O=c1c2ncccc2ncn1Cc1ccc(-n2cccn2)cc1. The molecule has 0 aliphatic carbocycles. The molecule has 9 heterocycles. The van der Waals surface area contributed by atoms with Crippen LogP contribution in [0.15, 0.2) is 217 Å². The van der Waals surface area contributed by atoms with Gasteiger partial charge in [-0.25, -0.2) is 39.0 Å². The zero-order valence-corrected chi connectivity index (χ0v) is 36.6. The third-order valence-corrected chi connectivity index (χ3v) is 11.0. The number of pyridine rings is 3. The van der Waals surface area contributed by atoms with E-state index in [1.807, 2.05) is 110 Å². The molecule has 12 rings (SSSR count). The molecular weight excluding hydrogens is 871 g/mol. The predicted molar refractivity (Wildman–Crippen MR) is 259 cm³/mol. The number of aromatic nitrogens is 15. The summed E-state index contributed by atoms with van der Waals surface area (Å²) in [5.41, 5.74) is 7.81. The minimum atomic E-state index is -0.133. The van der Waals surface area contributed by atoms with E-state index in [2.05, 4.69) is 45.2 Å². The van der Waals surface area contributed by atoms with E-state index < -0.39 is 0 Å². The van der Waals surface area contributed by atoms with Crippen LogP contribution in [0.25, 0.3) is 50.0 Å². The first-order valence-electron chi connectivity index (χ1n) is 21.6. The number of nitrogens with zero attached hydrogens (tertiary/aromatic N) is 15. The highest BCUT2D eigenvalue weighted by atomic mass is 16.1. The van der Waals surface area contributed by atoms with Gasteiger partial charge in [0.1, 0.15) is 6.33 Å². The van der Waals surface area contributed by atoms with Crippen LogP contribution in [-0.4, -0.2) is 72.9 Å². The van der Waals surface area contributed by atoms with Gasteiger partial charge in [-0.3, -0.25) is 33.1 Å². The van der Waals surface area contributed by atoms with E-state index in [0.717, 1.165) is 33.8 Å². The topological polar surface area (TPSA) is 197 Å². The lowest BCUT2D eigenvalue weighted by Crippen LogP contribution is -2.21. The number of rotatable bonds is 9.